The van der Waals surface area contributed by atoms with Crippen LogP contribution in [0.3, 0.4) is 0 Å². The van der Waals surface area contributed by atoms with Crippen LogP contribution in [0.5, 0.6) is 0 Å². The smallest absolute Gasteiger partial charge is 0.425 e. The summed E-state index contributed by atoms with van der Waals surface area (Å²) in [4.78, 5) is 17.2. The van der Waals surface area contributed by atoms with Crippen LogP contribution in [-0.4, -0.2) is 24.8 Å². The second-order valence-corrected chi connectivity index (χ2v) is 6.26. The molecule has 10 heteroatoms. The number of halogens is 3. The molecule has 7 nitrogen and oxygen atoms in total. The maximum atomic E-state index is 13.6. The number of hydrogen-bond donors (Lipinski definition) is 1. The summed E-state index contributed by atoms with van der Waals surface area (Å²) in [6.07, 6.45) is -4.72. The minimum absolute atomic E-state index is 0.0253. The third-order valence-corrected chi connectivity index (χ3v) is 4.32. The Bertz CT molecular complexity index is 1220. The molecular formula is C18H14F3N5O2. The number of alkyl halides is 3. The molecule has 0 aliphatic carbocycles. The quantitative estimate of drug-likeness (QED) is 0.581. The number of fused-ring (bicyclic) bond motifs is 1. The Balaban J connectivity index is 1.98. The SMILES string of the molecule is Cc1nnc(Cc2c(C)nc3c(-c4ccccc4)c(C(F)(F)F)[nH]n3c2=O)o1. The van der Waals surface area contributed by atoms with E-state index in [0.717, 1.165) is 4.52 Å². The molecular weight excluding hydrogens is 375 g/mol. The minimum Gasteiger partial charge on any atom is -0.425 e. The van der Waals surface area contributed by atoms with Crippen LogP contribution in [0.2, 0.25) is 0 Å². The van der Waals surface area contributed by atoms with Crippen molar-refractivity contribution >= 4 is 5.65 Å². The van der Waals surface area contributed by atoms with E-state index in [-0.39, 0.29) is 29.1 Å². The summed E-state index contributed by atoms with van der Waals surface area (Å²) in [7, 11) is 0. The van der Waals surface area contributed by atoms with Gasteiger partial charge in [-0.3, -0.25) is 9.89 Å². The predicted octanol–water partition coefficient (Wildman–Crippen LogP) is 3.30. The number of benzene rings is 1. The second-order valence-electron chi connectivity index (χ2n) is 6.26. The highest BCUT2D eigenvalue weighted by Crippen LogP contribution is 2.38. The van der Waals surface area contributed by atoms with E-state index in [1.807, 2.05) is 0 Å². The highest BCUT2D eigenvalue weighted by Gasteiger charge is 2.38. The highest BCUT2D eigenvalue weighted by atomic mass is 19.4. The number of H-pyrrole nitrogens is 1. The van der Waals surface area contributed by atoms with Gasteiger partial charge >= 0.3 is 6.18 Å². The Hall–Kier alpha value is -3.43. The van der Waals surface area contributed by atoms with Gasteiger partial charge in [0.2, 0.25) is 11.8 Å². The van der Waals surface area contributed by atoms with Gasteiger partial charge in [0.05, 0.1) is 12.0 Å². The van der Waals surface area contributed by atoms with E-state index >= 15 is 0 Å². The molecule has 3 aromatic heterocycles. The number of aromatic amines is 1. The number of hydrogen-bond acceptors (Lipinski definition) is 5. The molecule has 0 saturated heterocycles. The zero-order valence-electron chi connectivity index (χ0n) is 14.8. The van der Waals surface area contributed by atoms with Crippen molar-refractivity contribution in [3.63, 3.8) is 0 Å². The van der Waals surface area contributed by atoms with Crippen molar-refractivity contribution in [2.24, 2.45) is 0 Å². The molecule has 28 heavy (non-hydrogen) atoms. The molecule has 0 radical (unpaired) electrons. The van der Waals surface area contributed by atoms with Gasteiger partial charge in [0, 0.05) is 18.2 Å². The first-order valence-electron chi connectivity index (χ1n) is 8.31. The van der Waals surface area contributed by atoms with Gasteiger partial charge in [0.25, 0.3) is 5.56 Å². The summed E-state index contributed by atoms with van der Waals surface area (Å²) >= 11 is 0. The molecule has 1 aromatic carbocycles. The van der Waals surface area contributed by atoms with Crippen molar-refractivity contribution < 1.29 is 17.6 Å². The fraction of sp³-hybridized carbons (Fsp3) is 0.222. The van der Waals surface area contributed by atoms with Crippen LogP contribution in [-0.2, 0) is 12.6 Å². The van der Waals surface area contributed by atoms with E-state index < -0.39 is 17.4 Å². The molecule has 3 heterocycles. The van der Waals surface area contributed by atoms with Crippen molar-refractivity contribution in [3.05, 3.63) is 69.4 Å². The number of aryl methyl sites for hydroxylation is 2. The third kappa shape index (κ3) is 2.96. The molecule has 0 saturated carbocycles. The number of rotatable bonds is 3. The van der Waals surface area contributed by atoms with E-state index in [0.29, 0.717) is 17.1 Å². The number of nitrogens with zero attached hydrogens (tertiary/aromatic N) is 4. The summed E-state index contributed by atoms with van der Waals surface area (Å²) in [6.45, 7) is 3.17. The Morgan fingerprint density at radius 1 is 1.14 bits per heavy atom. The normalized spacial score (nSPS) is 12.0. The van der Waals surface area contributed by atoms with Gasteiger partial charge in [0.15, 0.2) is 5.65 Å². The van der Waals surface area contributed by atoms with Crippen LogP contribution >= 0.6 is 0 Å². The average Bonchev–Trinajstić information content (AvgIpc) is 3.23. The molecule has 1 N–H and O–H groups in total. The van der Waals surface area contributed by atoms with Crippen molar-refractivity contribution in [1.29, 1.82) is 0 Å². The summed E-state index contributed by atoms with van der Waals surface area (Å²) in [5, 5.41) is 9.70. The third-order valence-electron chi connectivity index (χ3n) is 4.32. The lowest BCUT2D eigenvalue weighted by atomic mass is 10.1. The second kappa shape index (κ2) is 6.32. The van der Waals surface area contributed by atoms with Crippen molar-refractivity contribution in [2.75, 3.05) is 0 Å². The lowest BCUT2D eigenvalue weighted by molar-refractivity contribution is -0.140. The van der Waals surface area contributed by atoms with Crippen LogP contribution in [0.1, 0.15) is 28.7 Å². The Morgan fingerprint density at radius 3 is 2.46 bits per heavy atom. The van der Waals surface area contributed by atoms with E-state index in [9.17, 15) is 18.0 Å². The molecule has 0 bridgehead atoms. The first kappa shape index (κ1) is 18.0. The molecule has 0 amide bonds. The molecule has 0 spiro atoms. The first-order valence-corrected chi connectivity index (χ1v) is 8.31. The van der Waals surface area contributed by atoms with Crippen LogP contribution in [0.4, 0.5) is 13.2 Å². The van der Waals surface area contributed by atoms with Gasteiger partial charge in [-0.25, -0.2) is 9.50 Å². The molecule has 144 valence electrons. The highest BCUT2D eigenvalue weighted by molar-refractivity contribution is 5.80. The Labute approximate surface area is 155 Å². The van der Waals surface area contributed by atoms with Gasteiger partial charge in [-0.15, -0.1) is 10.2 Å². The van der Waals surface area contributed by atoms with E-state index in [4.69, 9.17) is 4.42 Å². The van der Waals surface area contributed by atoms with Crippen molar-refractivity contribution in [2.45, 2.75) is 26.4 Å². The molecule has 4 aromatic rings. The Kier molecular flexibility index (Phi) is 4.06. The van der Waals surface area contributed by atoms with Gasteiger partial charge in [-0.2, -0.15) is 13.2 Å². The summed E-state index contributed by atoms with van der Waals surface area (Å²) < 4.78 is 47.0. The minimum atomic E-state index is -4.69. The molecule has 0 fully saturated rings. The number of aromatic nitrogens is 5. The molecule has 0 unspecified atom stereocenters. The summed E-state index contributed by atoms with van der Waals surface area (Å²) in [5.41, 5.74) is -1.17. The molecule has 0 atom stereocenters. The van der Waals surface area contributed by atoms with Crippen LogP contribution < -0.4 is 5.56 Å². The van der Waals surface area contributed by atoms with E-state index in [1.165, 1.54) is 12.1 Å². The predicted molar refractivity (Wildman–Crippen MR) is 92.8 cm³/mol. The topological polar surface area (TPSA) is 89.1 Å². The summed E-state index contributed by atoms with van der Waals surface area (Å²) in [6, 6.07) is 8.01. The van der Waals surface area contributed by atoms with E-state index in [1.54, 1.807) is 32.0 Å². The molecule has 0 aliphatic heterocycles. The van der Waals surface area contributed by atoms with Gasteiger partial charge < -0.3 is 4.42 Å². The lowest BCUT2D eigenvalue weighted by Gasteiger charge is -2.07. The zero-order valence-corrected chi connectivity index (χ0v) is 14.8. The Morgan fingerprint density at radius 2 is 1.86 bits per heavy atom. The maximum Gasteiger partial charge on any atom is 0.433 e. The fourth-order valence-corrected chi connectivity index (χ4v) is 3.06. The van der Waals surface area contributed by atoms with Crippen LogP contribution in [0.25, 0.3) is 16.8 Å². The number of nitrogens with one attached hydrogen (secondary N) is 1. The average molecular weight is 389 g/mol. The lowest BCUT2D eigenvalue weighted by Crippen LogP contribution is -2.22. The van der Waals surface area contributed by atoms with Crippen LogP contribution in [0, 0.1) is 13.8 Å². The van der Waals surface area contributed by atoms with Gasteiger partial charge in [0.1, 0.15) is 5.69 Å². The first-order chi connectivity index (χ1) is 13.3. The van der Waals surface area contributed by atoms with Gasteiger partial charge in [-0.1, -0.05) is 30.3 Å². The largest absolute Gasteiger partial charge is 0.433 e. The zero-order chi connectivity index (χ0) is 20.1. The van der Waals surface area contributed by atoms with Gasteiger partial charge in [-0.05, 0) is 12.5 Å². The molecule has 0 aliphatic rings. The van der Waals surface area contributed by atoms with Crippen LogP contribution in [0.15, 0.2) is 39.5 Å². The fourth-order valence-electron chi connectivity index (χ4n) is 3.06. The van der Waals surface area contributed by atoms with Crippen molar-refractivity contribution in [1.82, 2.24) is 24.8 Å². The monoisotopic (exact) mass is 389 g/mol. The standard InChI is InChI=1S/C18H14F3N5O2/c1-9-12(8-13-24-23-10(2)28-13)17(27)26-16(22-9)14(11-6-4-3-5-7-11)15(25-26)18(19,20)21/h3-7,25H,8H2,1-2H3. The molecule has 4 rings (SSSR count). The maximum absolute atomic E-state index is 13.6. The summed E-state index contributed by atoms with van der Waals surface area (Å²) in [5.74, 6) is 0.512. The van der Waals surface area contributed by atoms with E-state index in [2.05, 4.69) is 20.3 Å². The van der Waals surface area contributed by atoms with Crippen molar-refractivity contribution in [3.8, 4) is 11.1 Å².